The second kappa shape index (κ2) is 5.94. The van der Waals surface area contributed by atoms with Gasteiger partial charge >= 0.3 is 0 Å². The van der Waals surface area contributed by atoms with Gasteiger partial charge < -0.3 is 4.90 Å². The van der Waals surface area contributed by atoms with Gasteiger partial charge in [-0.1, -0.05) is 12.1 Å². The maximum atomic E-state index is 12.3. The molecule has 1 unspecified atom stereocenters. The molecule has 0 fully saturated rings. The van der Waals surface area contributed by atoms with Crippen LogP contribution < -0.4 is 4.90 Å². The number of anilines is 1. The van der Waals surface area contributed by atoms with Crippen LogP contribution in [0.1, 0.15) is 0 Å². The van der Waals surface area contributed by atoms with E-state index in [2.05, 4.69) is 15.9 Å². The fourth-order valence-electron chi connectivity index (χ4n) is 2.25. The molecule has 0 spiro atoms. The standard InChI is InChI=1S/C14H21N3OS/c1-15(2)9-13(16(3)4)17-11-7-5-6-8-12(11)19-10-14(17)18/h5-8,13H,9-10H2,1-4H3. The molecule has 19 heavy (non-hydrogen) atoms. The van der Waals surface area contributed by atoms with E-state index in [1.807, 2.05) is 51.3 Å². The third-order valence-electron chi connectivity index (χ3n) is 3.17. The molecular weight excluding hydrogens is 258 g/mol. The van der Waals surface area contributed by atoms with Crippen LogP contribution in [0.5, 0.6) is 0 Å². The maximum absolute atomic E-state index is 12.3. The second-order valence-corrected chi connectivity index (χ2v) is 6.24. The van der Waals surface area contributed by atoms with E-state index < -0.39 is 0 Å². The van der Waals surface area contributed by atoms with Gasteiger partial charge in [0.1, 0.15) is 6.17 Å². The van der Waals surface area contributed by atoms with Crippen molar-refractivity contribution in [2.24, 2.45) is 0 Å². The van der Waals surface area contributed by atoms with Gasteiger partial charge in [-0.2, -0.15) is 0 Å². The van der Waals surface area contributed by atoms with Crippen molar-refractivity contribution in [2.45, 2.75) is 11.1 Å². The summed E-state index contributed by atoms with van der Waals surface area (Å²) in [5, 5.41) is 0. The lowest BCUT2D eigenvalue weighted by Crippen LogP contribution is -2.54. The lowest BCUT2D eigenvalue weighted by atomic mass is 10.2. The van der Waals surface area contributed by atoms with Crippen molar-refractivity contribution < 1.29 is 4.79 Å². The summed E-state index contributed by atoms with van der Waals surface area (Å²) in [7, 11) is 8.11. The molecule has 0 saturated carbocycles. The Labute approximate surface area is 119 Å². The highest BCUT2D eigenvalue weighted by molar-refractivity contribution is 8.00. The van der Waals surface area contributed by atoms with E-state index in [4.69, 9.17) is 0 Å². The molecule has 0 saturated heterocycles. The zero-order valence-corrected chi connectivity index (χ0v) is 12.8. The number of nitrogens with zero attached hydrogens (tertiary/aromatic N) is 3. The van der Waals surface area contributed by atoms with Gasteiger partial charge in [-0.05, 0) is 40.3 Å². The highest BCUT2D eigenvalue weighted by Crippen LogP contribution is 2.36. The molecule has 0 N–H and O–H groups in total. The third kappa shape index (κ3) is 3.11. The van der Waals surface area contributed by atoms with Crippen LogP contribution in [-0.4, -0.2) is 62.4 Å². The van der Waals surface area contributed by atoms with Crippen molar-refractivity contribution in [3.63, 3.8) is 0 Å². The summed E-state index contributed by atoms with van der Waals surface area (Å²) in [6.07, 6.45) is 0.0598. The quantitative estimate of drug-likeness (QED) is 0.836. The number of hydrogen-bond acceptors (Lipinski definition) is 4. The molecule has 5 heteroatoms. The Kier molecular flexibility index (Phi) is 4.50. The predicted octanol–water partition coefficient (Wildman–Crippen LogP) is 1.57. The Morgan fingerprint density at radius 3 is 2.58 bits per heavy atom. The lowest BCUT2D eigenvalue weighted by Gasteiger charge is -2.40. The number of fused-ring (bicyclic) bond motifs is 1. The first-order valence-electron chi connectivity index (χ1n) is 6.35. The number of carbonyl (C=O) groups is 1. The number of hydrogen-bond donors (Lipinski definition) is 0. The van der Waals surface area contributed by atoms with E-state index in [1.165, 1.54) is 4.90 Å². The number of carbonyl (C=O) groups excluding carboxylic acids is 1. The van der Waals surface area contributed by atoms with Crippen LogP contribution >= 0.6 is 11.8 Å². The summed E-state index contributed by atoms with van der Waals surface area (Å²) in [6.45, 7) is 0.817. The number of benzene rings is 1. The fourth-order valence-corrected chi connectivity index (χ4v) is 3.16. The van der Waals surface area contributed by atoms with Crippen LogP contribution in [-0.2, 0) is 4.79 Å². The minimum atomic E-state index is 0.0598. The van der Waals surface area contributed by atoms with Gasteiger partial charge in [0.2, 0.25) is 5.91 Å². The van der Waals surface area contributed by atoms with Crippen LogP contribution in [0.25, 0.3) is 0 Å². The highest BCUT2D eigenvalue weighted by atomic mass is 32.2. The van der Waals surface area contributed by atoms with Crippen LogP contribution in [0.4, 0.5) is 5.69 Å². The van der Waals surface area contributed by atoms with Crippen molar-refractivity contribution >= 4 is 23.4 Å². The second-order valence-electron chi connectivity index (χ2n) is 5.23. The molecule has 1 amide bonds. The molecule has 0 bridgehead atoms. The van der Waals surface area contributed by atoms with E-state index >= 15 is 0 Å². The Morgan fingerprint density at radius 2 is 1.95 bits per heavy atom. The molecule has 1 heterocycles. The summed E-state index contributed by atoms with van der Waals surface area (Å²) in [5.41, 5.74) is 1.03. The molecule has 1 atom stereocenters. The SMILES string of the molecule is CN(C)CC(N(C)C)N1C(=O)CSc2ccccc21. The summed E-state index contributed by atoms with van der Waals surface area (Å²) in [4.78, 5) is 19.7. The lowest BCUT2D eigenvalue weighted by molar-refractivity contribution is -0.117. The maximum Gasteiger partial charge on any atom is 0.238 e. The zero-order chi connectivity index (χ0) is 14.0. The highest BCUT2D eigenvalue weighted by Gasteiger charge is 2.32. The predicted molar refractivity (Wildman–Crippen MR) is 80.7 cm³/mol. The molecular formula is C14H21N3OS. The first kappa shape index (κ1) is 14.4. The van der Waals surface area contributed by atoms with Crippen LogP contribution in [0, 0.1) is 0 Å². The molecule has 1 aromatic carbocycles. The van der Waals surface area contributed by atoms with Gasteiger partial charge in [0.05, 0.1) is 11.4 Å². The average molecular weight is 279 g/mol. The van der Waals surface area contributed by atoms with E-state index in [0.717, 1.165) is 12.2 Å². The molecule has 4 nitrogen and oxygen atoms in total. The monoisotopic (exact) mass is 279 g/mol. The van der Waals surface area contributed by atoms with E-state index in [1.54, 1.807) is 11.8 Å². The fraction of sp³-hybridized carbons (Fsp3) is 0.500. The van der Waals surface area contributed by atoms with Gasteiger partial charge in [-0.25, -0.2) is 0 Å². The first-order chi connectivity index (χ1) is 9.00. The van der Waals surface area contributed by atoms with Gasteiger partial charge in [0.15, 0.2) is 0 Å². The summed E-state index contributed by atoms with van der Waals surface area (Å²) < 4.78 is 0. The molecule has 1 aromatic rings. The van der Waals surface area contributed by atoms with Crippen molar-refractivity contribution in [2.75, 3.05) is 45.4 Å². The minimum absolute atomic E-state index is 0.0598. The number of amides is 1. The third-order valence-corrected chi connectivity index (χ3v) is 4.21. The number of rotatable bonds is 4. The smallest absolute Gasteiger partial charge is 0.238 e. The number of likely N-dealkylation sites (N-methyl/N-ethyl adjacent to an activating group) is 2. The molecule has 1 aliphatic heterocycles. The average Bonchev–Trinajstić information content (AvgIpc) is 2.36. The van der Waals surface area contributed by atoms with Crippen molar-refractivity contribution in [1.82, 2.24) is 9.80 Å². The van der Waals surface area contributed by atoms with E-state index in [0.29, 0.717) is 5.75 Å². The Hall–Kier alpha value is -1.04. The molecule has 2 rings (SSSR count). The van der Waals surface area contributed by atoms with E-state index in [9.17, 15) is 4.79 Å². The van der Waals surface area contributed by atoms with Gasteiger partial charge in [-0.15, -0.1) is 11.8 Å². The molecule has 1 aliphatic rings. The molecule has 0 radical (unpaired) electrons. The minimum Gasteiger partial charge on any atom is -0.306 e. The summed E-state index contributed by atoms with van der Waals surface area (Å²) in [5.74, 6) is 0.707. The van der Waals surface area contributed by atoms with Gasteiger partial charge in [-0.3, -0.25) is 14.6 Å². The normalized spacial score (nSPS) is 16.9. The summed E-state index contributed by atoms with van der Waals surface area (Å²) in [6, 6.07) is 8.14. The van der Waals surface area contributed by atoms with Gasteiger partial charge in [0.25, 0.3) is 0 Å². The van der Waals surface area contributed by atoms with Gasteiger partial charge in [0, 0.05) is 11.4 Å². The van der Waals surface area contributed by atoms with Crippen molar-refractivity contribution in [1.29, 1.82) is 0 Å². The van der Waals surface area contributed by atoms with Crippen molar-refractivity contribution in [3.8, 4) is 0 Å². The number of thioether (sulfide) groups is 1. The Morgan fingerprint density at radius 1 is 1.26 bits per heavy atom. The Bertz CT molecular complexity index is 462. The summed E-state index contributed by atoms with van der Waals surface area (Å²) >= 11 is 1.63. The van der Waals surface area contributed by atoms with E-state index in [-0.39, 0.29) is 12.1 Å². The first-order valence-corrected chi connectivity index (χ1v) is 7.34. The topological polar surface area (TPSA) is 26.8 Å². The zero-order valence-electron chi connectivity index (χ0n) is 12.0. The number of para-hydroxylation sites is 1. The molecule has 104 valence electrons. The van der Waals surface area contributed by atoms with Crippen LogP contribution in [0.15, 0.2) is 29.2 Å². The largest absolute Gasteiger partial charge is 0.306 e. The van der Waals surface area contributed by atoms with Crippen LogP contribution in [0.3, 0.4) is 0 Å². The Balaban J connectivity index is 2.37. The van der Waals surface area contributed by atoms with Crippen LogP contribution in [0.2, 0.25) is 0 Å². The van der Waals surface area contributed by atoms with Crippen molar-refractivity contribution in [3.05, 3.63) is 24.3 Å². The molecule has 0 aromatic heterocycles. The molecule has 0 aliphatic carbocycles.